The highest BCUT2D eigenvalue weighted by molar-refractivity contribution is 7.13. The van der Waals surface area contributed by atoms with Crippen LogP contribution in [0.15, 0.2) is 0 Å². The Bertz CT molecular complexity index is 428. The predicted molar refractivity (Wildman–Crippen MR) is 73.9 cm³/mol. The molecule has 0 radical (unpaired) electrons. The van der Waals surface area contributed by atoms with Gasteiger partial charge in [0.15, 0.2) is 0 Å². The van der Waals surface area contributed by atoms with E-state index in [4.69, 9.17) is 5.73 Å². The van der Waals surface area contributed by atoms with E-state index in [1.807, 2.05) is 18.7 Å². The minimum Gasteiger partial charge on any atom is -0.338 e. The molecular weight excluding hydrogens is 246 g/mol. The first-order chi connectivity index (χ1) is 8.61. The second kappa shape index (κ2) is 5.80. The van der Waals surface area contributed by atoms with Crippen molar-refractivity contribution >= 4 is 17.2 Å². The Kier molecular flexibility index (Phi) is 4.35. The number of carbonyl (C=O) groups excluding carboxylic acids is 1. The van der Waals surface area contributed by atoms with Gasteiger partial charge in [-0.05, 0) is 45.6 Å². The van der Waals surface area contributed by atoms with Gasteiger partial charge in [-0.3, -0.25) is 4.79 Å². The first kappa shape index (κ1) is 13.5. The SMILES string of the molecule is Cc1nc(C)c(C(=O)N2CCCC(CCN)C2)s1. The third kappa shape index (κ3) is 2.90. The van der Waals surface area contributed by atoms with Crippen LogP contribution in [0.3, 0.4) is 0 Å². The lowest BCUT2D eigenvalue weighted by Gasteiger charge is -2.32. The third-order valence-corrected chi connectivity index (χ3v) is 4.54. The first-order valence-corrected chi connectivity index (χ1v) is 7.37. The van der Waals surface area contributed by atoms with Crippen LogP contribution in [0.1, 0.15) is 39.6 Å². The molecule has 0 bridgehead atoms. The van der Waals surface area contributed by atoms with Crippen molar-refractivity contribution < 1.29 is 4.79 Å². The molecule has 0 saturated carbocycles. The maximum Gasteiger partial charge on any atom is 0.265 e. The van der Waals surface area contributed by atoms with Gasteiger partial charge in [-0.15, -0.1) is 11.3 Å². The van der Waals surface area contributed by atoms with Gasteiger partial charge in [0.1, 0.15) is 4.88 Å². The van der Waals surface area contributed by atoms with Gasteiger partial charge in [0.2, 0.25) is 0 Å². The smallest absolute Gasteiger partial charge is 0.265 e. The fraction of sp³-hybridized carbons (Fsp3) is 0.692. The van der Waals surface area contributed by atoms with E-state index in [-0.39, 0.29) is 5.91 Å². The zero-order chi connectivity index (χ0) is 13.1. The van der Waals surface area contributed by atoms with Crippen LogP contribution < -0.4 is 5.73 Å². The van der Waals surface area contributed by atoms with E-state index in [0.717, 1.165) is 41.5 Å². The number of aryl methyl sites for hydroxylation is 2. The van der Waals surface area contributed by atoms with E-state index in [9.17, 15) is 4.79 Å². The summed E-state index contributed by atoms with van der Waals surface area (Å²) in [6.07, 6.45) is 3.30. The number of likely N-dealkylation sites (tertiary alicyclic amines) is 1. The molecule has 18 heavy (non-hydrogen) atoms. The molecule has 0 spiro atoms. The summed E-state index contributed by atoms with van der Waals surface area (Å²) in [6, 6.07) is 0. The standard InChI is InChI=1S/C13H21N3OS/c1-9-12(18-10(2)15-9)13(17)16-7-3-4-11(8-16)5-6-14/h11H,3-8,14H2,1-2H3. The molecular formula is C13H21N3OS. The zero-order valence-electron chi connectivity index (χ0n) is 11.1. The van der Waals surface area contributed by atoms with E-state index < -0.39 is 0 Å². The molecule has 1 saturated heterocycles. The maximum absolute atomic E-state index is 12.4. The quantitative estimate of drug-likeness (QED) is 0.910. The summed E-state index contributed by atoms with van der Waals surface area (Å²) in [6.45, 7) is 6.30. The Morgan fingerprint density at radius 3 is 2.94 bits per heavy atom. The highest BCUT2D eigenvalue weighted by atomic mass is 32.1. The van der Waals surface area contributed by atoms with Crippen molar-refractivity contribution in [2.45, 2.75) is 33.1 Å². The number of carbonyl (C=O) groups is 1. The van der Waals surface area contributed by atoms with Crippen molar-refractivity contribution in [1.82, 2.24) is 9.88 Å². The van der Waals surface area contributed by atoms with Gasteiger partial charge >= 0.3 is 0 Å². The molecule has 4 nitrogen and oxygen atoms in total. The topological polar surface area (TPSA) is 59.2 Å². The minimum atomic E-state index is 0.153. The Morgan fingerprint density at radius 2 is 2.33 bits per heavy atom. The fourth-order valence-electron chi connectivity index (χ4n) is 2.59. The van der Waals surface area contributed by atoms with Crippen LogP contribution in [0, 0.1) is 19.8 Å². The van der Waals surface area contributed by atoms with E-state index in [1.54, 1.807) is 0 Å². The van der Waals surface area contributed by atoms with Crippen molar-refractivity contribution in [1.29, 1.82) is 0 Å². The van der Waals surface area contributed by atoms with Crippen LogP contribution in [0.5, 0.6) is 0 Å². The molecule has 1 aromatic heterocycles. The van der Waals surface area contributed by atoms with Crippen molar-refractivity contribution in [3.63, 3.8) is 0 Å². The lowest BCUT2D eigenvalue weighted by Crippen LogP contribution is -2.40. The molecule has 1 amide bonds. The molecule has 2 N–H and O–H groups in total. The number of nitrogens with zero attached hydrogens (tertiary/aromatic N) is 2. The summed E-state index contributed by atoms with van der Waals surface area (Å²) < 4.78 is 0. The highest BCUT2D eigenvalue weighted by Crippen LogP contribution is 2.24. The molecule has 100 valence electrons. The Morgan fingerprint density at radius 1 is 1.56 bits per heavy atom. The summed E-state index contributed by atoms with van der Waals surface area (Å²) in [4.78, 5) is 19.6. The van der Waals surface area contributed by atoms with Gasteiger partial charge in [0, 0.05) is 13.1 Å². The molecule has 1 aliphatic heterocycles. The number of hydrogen-bond donors (Lipinski definition) is 1. The molecule has 1 fully saturated rings. The van der Waals surface area contributed by atoms with Gasteiger partial charge in [0.05, 0.1) is 10.7 Å². The van der Waals surface area contributed by atoms with Crippen LogP contribution >= 0.6 is 11.3 Å². The van der Waals surface area contributed by atoms with E-state index in [2.05, 4.69) is 4.98 Å². The highest BCUT2D eigenvalue weighted by Gasteiger charge is 2.26. The number of amides is 1. The number of aromatic nitrogens is 1. The number of hydrogen-bond acceptors (Lipinski definition) is 4. The molecule has 0 aromatic carbocycles. The lowest BCUT2D eigenvalue weighted by molar-refractivity contribution is 0.0673. The normalized spacial score (nSPS) is 20.2. The average Bonchev–Trinajstić information content (AvgIpc) is 2.68. The van der Waals surface area contributed by atoms with Crippen LogP contribution in [0.2, 0.25) is 0 Å². The average molecular weight is 267 g/mol. The summed E-state index contributed by atoms with van der Waals surface area (Å²) in [7, 11) is 0. The zero-order valence-corrected chi connectivity index (χ0v) is 11.9. The van der Waals surface area contributed by atoms with Crippen LogP contribution in [0.25, 0.3) is 0 Å². The molecule has 2 heterocycles. The molecule has 5 heteroatoms. The fourth-order valence-corrected chi connectivity index (χ4v) is 3.48. The van der Waals surface area contributed by atoms with E-state index in [1.165, 1.54) is 17.8 Å². The van der Waals surface area contributed by atoms with Crippen molar-refractivity contribution in [3.05, 3.63) is 15.6 Å². The van der Waals surface area contributed by atoms with Gasteiger partial charge in [-0.25, -0.2) is 4.98 Å². The van der Waals surface area contributed by atoms with Crippen LogP contribution in [-0.4, -0.2) is 35.4 Å². The summed E-state index contributed by atoms with van der Waals surface area (Å²) >= 11 is 1.50. The van der Waals surface area contributed by atoms with Gasteiger partial charge in [-0.1, -0.05) is 0 Å². The molecule has 2 rings (SSSR count). The van der Waals surface area contributed by atoms with E-state index >= 15 is 0 Å². The second-order valence-electron chi connectivity index (χ2n) is 4.98. The minimum absolute atomic E-state index is 0.153. The molecule has 1 aliphatic rings. The second-order valence-corrected chi connectivity index (χ2v) is 6.19. The van der Waals surface area contributed by atoms with Gasteiger partial charge in [0.25, 0.3) is 5.91 Å². The van der Waals surface area contributed by atoms with Crippen LogP contribution in [-0.2, 0) is 0 Å². The number of nitrogens with two attached hydrogens (primary N) is 1. The molecule has 0 aliphatic carbocycles. The molecule has 1 unspecified atom stereocenters. The lowest BCUT2D eigenvalue weighted by atomic mass is 9.95. The molecule has 1 aromatic rings. The summed E-state index contributed by atoms with van der Waals surface area (Å²) in [5.74, 6) is 0.724. The predicted octanol–water partition coefficient (Wildman–Crippen LogP) is 1.96. The Labute approximate surface area is 112 Å². The van der Waals surface area contributed by atoms with Crippen molar-refractivity contribution in [3.8, 4) is 0 Å². The third-order valence-electron chi connectivity index (χ3n) is 3.48. The molecule has 1 atom stereocenters. The maximum atomic E-state index is 12.4. The monoisotopic (exact) mass is 267 g/mol. The van der Waals surface area contributed by atoms with Crippen molar-refractivity contribution in [2.75, 3.05) is 19.6 Å². The van der Waals surface area contributed by atoms with E-state index in [0.29, 0.717) is 12.5 Å². The number of rotatable bonds is 3. The Hall–Kier alpha value is -0.940. The van der Waals surface area contributed by atoms with Gasteiger partial charge in [-0.2, -0.15) is 0 Å². The largest absolute Gasteiger partial charge is 0.338 e. The van der Waals surface area contributed by atoms with Crippen molar-refractivity contribution in [2.24, 2.45) is 11.7 Å². The summed E-state index contributed by atoms with van der Waals surface area (Å²) in [5, 5.41) is 0.964. The first-order valence-electron chi connectivity index (χ1n) is 6.55. The van der Waals surface area contributed by atoms with Crippen LogP contribution in [0.4, 0.5) is 0 Å². The van der Waals surface area contributed by atoms with Gasteiger partial charge < -0.3 is 10.6 Å². The number of thiazole rings is 1. The summed E-state index contributed by atoms with van der Waals surface area (Å²) in [5.41, 5.74) is 6.47. The number of piperidine rings is 1. The Balaban J connectivity index is 2.06.